The Kier molecular flexibility index (Phi) is 4.20. The Balaban J connectivity index is 2.51. The number of rotatable bonds is 6. The third kappa shape index (κ3) is 4.05. The summed E-state index contributed by atoms with van der Waals surface area (Å²) in [5.41, 5.74) is -1.08. The van der Waals surface area contributed by atoms with E-state index < -0.39 is 22.2 Å². The van der Waals surface area contributed by atoms with E-state index in [1.165, 1.54) is 26.1 Å². The molecular formula is C10H14N4O5. The highest BCUT2D eigenvalue weighted by Crippen LogP contribution is 2.13. The average Bonchev–Trinajstić information content (AvgIpc) is 2.75. The van der Waals surface area contributed by atoms with Crippen LogP contribution in [0.2, 0.25) is 0 Å². The van der Waals surface area contributed by atoms with Crippen molar-refractivity contribution in [3.8, 4) is 0 Å². The number of hydrogen-bond acceptors (Lipinski definition) is 5. The van der Waals surface area contributed by atoms with Gasteiger partial charge in [-0.05, 0) is 18.8 Å². The van der Waals surface area contributed by atoms with Gasteiger partial charge in [0.05, 0.1) is 22.8 Å². The lowest BCUT2D eigenvalue weighted by atomic mass is 9.94. The number of amides is 1. The molecule has 0 unspecified atom stereocenters. The molecular weight excluding hydrogens is 256 g/mol. The Hall–Kier alpha value is -2.45. The molecule has 104 valence electrons. The van der Waals surface area contributed by atoms with E-state index in [4.69, 9.17) is 5.11 Å². The fourth-order valence-corrected chi connectivity index (χ4v) is 1.13. The predicted octanol–water partition coefficient (Wildman–Crippen LogP) is 0.0183. The number of carbonyl (C=O) groups excluding carboxylic acids is 1. The number of hydrogen-bond donors (Lipinski definition) is 2. The van der Waals surface area contributed by atoms with Gasteiger partial charge >= 0.3 is 11.8 Å². The summed E-state index contributed by atoms with van der Waals surface area (Å²) in [4.78, 5) is 32.1. The molecule has 0 atom stereocenters. The van der Waals surface area contributed by atoms with Crippen molar-refractivity contribution < 1.29 is 19.6 Å². The van der Waals surface area contributed by atoms with Crippen LogP contribution in [0, 0.1) is 15.5 Å². The molecule has 0 fully saturated rings. The highest BCUT2D eigenvalue weighted by Gasteiger charge is 2.27. The maximum atomic E-state index is 11.5. The molecule has 0 bridgehead atoms. The minimum atomic E-state index is -1.08. The minimum Gasteiger partial charge on any atom is -0.481 e. The molecule has 0 radical (unpaired) electrons. The summed E-state index contributed by atoms with van der Waals surface area (Å²) in [6.45, 7) is 2.72. The summed E-state index contributed by atoms with van der Waals surface area (Å²) in [5, 5.41) is 25.3. The van der Waals surface area contributed by atoms with Crippen molar-refractivity contribution in [2.75, 3.05) is 6.54 Å². The maximum Gasteiger partial charge on any atom is 0.389 e. The van der Waals surface area contributed by atoms with Crippen molar-refractivity contribution in [3.05, 3.63) is 22.4 Å². The van der Waals surface area contributed by atoms with E-state index in [0.717, 1.165) is 4.68 Å². The number of nitrogens with zero attached hydrogens (tertiary/aromatic N) is 3. The Morgan fingerprint density at radius 2 is 2.21 bits per heavy atom. The molecule has 9 heteroatoms. The topological polar surface area (TPSA) is 127 Å². The van der Waals surface area contributed by atoms with Gasteiger partial charge in [0, 0.05) is 6.54 Å². The van der Waals surface area contributed by atoms with Crippen molar-refractivity contribution >= 4 is 17.7 Å². The van der Waals surface area contributed by atoms with Gasteiger partial charge in [-0.15, -0.1) is 0 Å². The SMILES string of the molecule is CC(C)(CNC(=O)Cn1ccc([N+](=O)[O-])n1)C(=O)O. The van der Waals surface area contributed by atoms with Crippen LogP contribution < -0.4 is 5.32 Å². The number of nitrogens with one attached hydrogen (secondary N) is 1. The average molecular weight is 270 g/mol. The van der Waals surface area contributed by atoms with Crippen LogP contribution in [0.1, 0.15) is 13.8 Å². The molecule has 9 nitrogen and oxygen atoms in total. The Bertz CT molecular complexity index is 508. The normalized spacial score (nSPS) is 11.1. The van der Waals surface area contributed by atoms with Crippen molar-refractivity contribution in [2.45, 2.75) is 20.4 Å². The third-order valence-corrected chi connectivity index (χ3v) is 2.43. The number of carbonyl (C=O) groups is 2. The van der Waals surface area contributed by atoms with Crippen molar-refractivity contribution in [3.63, 3.8) is 0 Å². The third-order valence-electron chi connectivity index (χ3n) is 2.43. The van der Waals surface area contributed by atoms with Gasteiger partial charge in [0.15, 0.2) is 0 Å². The van der Waals surface area contributed by atoms with E-state index in [-0.39, 0.29) is 18.9 Å². The molecule has 0 spiro atoms. The zero-order valence-corrected chi connectivity index (χ0v) is 10.5. The van der Waals surface area contributed by atoms with Crippen molar-refractivity contribution in [1.82, 2.24) is 15.1 Å². The summed E-state index contributed by atoms with van der Waals surface area (Å²) in [6.07, 6.45) is 1.31. The zero-order valence-electron chi connectivity index (χ0n) is 10.5. The second-order valence-corrected chi connectivity index (χ2v) is 4.59. The van der Waals surface area contributed by atoms with E-state index in [1.807, 2.05) is 0 Å². The smallest absolute Gasteiger partial charge is 0.389 e. The first-order valence-electron chi connectivity index (χ1n) is 5.40. The summed E-state index contributed by atoms with van der Waals surface area (Å²) in [5.74, 6) is -1.84. The van der Waals surface area contributed by atoms with Gasteiger partial charge in [0.1, 0.15) is 6.54 Å². The molecule has 1 heterocycles. The molecule has 0 saturated heterocycles. The van der Waals surface area contributed by atoms with Gasteiger partial charge < -0.3 is 20.5 Å². The van der Waals surface area contributed by atoms with Crippen LogP contribution in [0.4, 0.5) is 5.82 Å². The van der Waals surface area contributed by atoms with Gasteiger partial charge in [-0.2, -0.15) is 4.68 Å². The van der Waals surface area contributed by atoms with Gasteiger partial charge in [-0.1, -0.05) is 0 Å². The molecule has 2 N–H and O–H groups in total. The molecule has 0 saturated carbocycles. The molecule has 1 aromatic heterocycles. The zero-order chi connectivity index (χ0) is 14.6. The summed E-state index contributed by atoms with van der Waals surface area (Å²) in [7, 11) is 0. The van der Waals surface area contributed by atoms with Gasteiger partial charge in [0.2, 0.25) is 5.91 Å². The first-order valence-corrected chi connectivity index (χ1v) is 5.40. The Morgan fingerprint density at radius 3 is 2.68 bits per heavy atom. The lowest BCUT2D eigenvalue weighted by molar-refractivity contribution is -0.389. The number of carboxylic acid groups (broad SMARTS) is 1. The Morgan fingerprint density at radius 1 is 1.58 bits per heavy atom. The Labute approximate surface area is 108 Å². The van der Waals surface area contributed by atoms with Crippen LogP contribution in [0.15, 0.2) is 12.3 Å². The lowest BCUT2D eigenvalue weighted by Crippen LogP contribution is -2.40. The number of aliphatic carboxylic acids is 1. The van der Waals surface area contributed by atoms with Gasteiger partial charge in [-0.3, -0.25) is 9.59 Å². The molecule has 19 heavy (non-hydrogen) atoms. The molecule has 1 amide bonds. The monoisotopic (exact) mass is 270 g/mol. The van der Waals surface area contributed by atoms with Gasteiger partial charge in [-0.25, -0.2) is 0 Å². The van der Waals surface area contributed by atoms with E-state index in [0.29, 0.717) is 0 Å². The lowest BCUT2D eigenvalue weighted by Gasteiger charge is -2.19. The largest absolute Gasteiger partial charge is 0.481 e. The summed E-state index contributed by atoms with van der Waals surface area (Å²) < 4.78 is 1.11. The van der Waals surface area contributed by atoms with Crippen molar-refractivity contribution in [1.29, 1.82) is 0 Å². The highest BCUT2D eigenvalue weighted by molar-refractivity contribution is 5.78. The predicted molar refractivity (Wildman–Crippen MR) is 63.3 cm³/mol. The van der Waals surface area contributed by atoms with E-state index >= 15 is 0 Å². The van der Waals surface area contributed by atoms with Crippen molar-refractivity contribution in [2.24, 2.45) is 5.41 Å². The summed E-state index contributed by atoms with van der Waals surface area (Å²) >= 11 is 0. The van der Waals surface area contributed by atoms with E-state index in [2.05, 4.69) is 10.4 Å². The maximum absolute atomic E-state index is 11.5. The molecule has 0 aliphatic rings. The minimum absolute atomic E-state index is 0.0372. The highest BCUT2D eigenvalue weighted by atomic mass is 16.6. The van der Waals surface area contributed by atoms with E-state index in [1.54, 1.807) is 0 Å². The number of nitro groups is 1. The first kappa shape index (κ1) is 14.6. The van der Waals surface area contributed by atoms with Gasteiger partial charge in [0.25, 0.3) is 0 Å². The molecule has 1 rings (SSSR count). The van der Waals surface area contributed by atoms with Crippen LogP contribution in [0.3, 0.4) is 0 Å². The summed E-state index contributed by atoms with van der Waals surface area (Å²) in [6, 6.07) is 1.18. The van der Waals surface area contributed by atoms with E-state index in [9.17, 15) is 19.7 Å². The molecule has 1 aromatic rings. The fraction of sp³-hybridized carbons (Fsp3) is 0.500. The van der Waals surface area contributed by atoms with Crippen LogP contribution in [-0.2, 0) is 16.1 Å². The second kappa shape index (κ2) is 5.46. The van der Waals surface area contributed by atoms with Crippen LogP contribution in [-0.4, -0.2) is 38.2 Å². The standard InChI is InChI=1S/C10H14N4O5/c1-10(2,9(16)17)6-11-8(15)5-13-4-3-7(12-13)14(18)19/h3-4H,5-6H2,1-2H3,(H,11,15)(H,16,17). The molecule has 0 aromatic carbocycles. The number of carboxylic acids is 1. The number of aromatic nitrogens is 2. The van der Waals surface area contributed by atoms with Crippen LogP contribution >= 0.6 is 0 Å². The van der Waals surface area contributed by atoms with Crippen LogP contribution in [0.25, 0.3) is 0 Å². The molecule has 0 aliphatic heterocycles. The fourth-order valence-electron chi connectivity index (χ4n) is 1.13. The second-order valence-electron chi connectivity index (χ2n) is 4.59. The quantitative estimate of drug-likeness (QED) is 0.554. The first-order chi connectivity index (χ1) is 8.72. The van der Waals surface area contributed by atoms with Crippen LogP contribution in [0.5, 0.6) is 0 Å². The molecule has 0 aliphatic carbocycles.